The number of aromatic nitrogens is 12. The Hall–Kier alpha value is -12.5. The van der Waals surface area contributed by atoms with E-state index in [1.54, 1.807) is 30.3 Å². The fourth-order valence-electron chi connectivity index (χ4n) is 15.2. The van der Waals surface area contributed by atoms with Crippen molar-refractivity contribution in [2.24, 2.45) is 0 Å². The molecule has 12 aromatic rings. The molecule has 36 heteroatoms. The van der Waals surface area contributed by atoms with Crippen molar-refractivity contribution in [3.63, 3.8) is 0 Å². The van der Waals surface area contributed by atoms with Crippen LogP contribution in [0.2, 0.25) is 0 Å². The molecule has 34 nitrogen and oxygen atoms in total. The number of pyridine rings is 12. The zero-order valence-electron chi connectivity index (χ0n) is 76.9. The number of rotatable bonds is 21. The Morgan fingerprint density at radius 2 is 0.599 bits per heavy atom. The molecule has 0 unspecified atom stereocenters. The number of carbonyl (C=O) groups excluding carboxylic acids is 9. The molecule has 16 bridgehead atoms. The largest absolute Gasteiger partial charge is 3.00 e. The summed E-state index contributed by atoms with van der Waals surface area (Å²) in [6, 6.07) is 59.7. The molecule has 0 aromatic carbocycles. The number of nitrogens with one attached hydrogen (secondary N) is 2. The molecule has 4 aliphatic rings. The minimum Gasteiger partial charge on any atom is -0.478 e. The summed E-state index contributed by atoms with van der Waals surface area (Å²) in [7, 11) is 7.63. The number of hydroxylamine groups is 2. The van der Waals surface area contributed by atoms with E-state index < -0.39 is 42.1 Å². The number of nitrogens with zero attached hydrogens (tertiary/aromatic N) is 18. The van der Waals surface area contributed by atoms with Crippen molar-refractivity contribution >= 4 is 64.9 Å². The maximum atomic E-state index is 13.6. The van der Waals surface area contributed by atoms with Crippen molar-refractivity contribution in [3.8, 4) is 68.3 Å². The molecule has 137 heavy (non-hydrogen) atoms. The molecular weight excluding hydrogens is 2020 g/mol. The number of ketones is 2. The second-order valence-electron chi connectivity index (χ2n) is 33.2. The number of hydrogen-bond acceptors (Lipinski definition) is 28. The van der Waals surface area contributed by atoms with Crippen molar-refractivity contribution < 1.29 is 167 Å². The normalized spacial score (nSPS) is 13.7. The van der Waals surface area contributed by atoms with E-state index in [2.05, 4.69) is 30.6 Å². The van der Waals surface area contributed by atoms with Gasteiger partial charge in [0, 0.05) is 150 Å². The number of hydrogen-bond donors (Lipinski definition) is 4. The summed E-state index contributed by atoms with van der Waals surface area (Å²) < 4.78 is 0. The van der Waals surface area contributed by atoms with Crippen molar-refractivity contribution in [3.05, 3.63) is 297 Å². The number of amides is 6. The molecule has 12 aromatic heterocycles. The molecule has 1 saturated heterocycles. The van der Waals surface area contributed by atoms with E-state index >= 15 is 0 Å². The van der Waals surface area contributed by atoms with E-state index in [9.17, 15) is 63.0 Å². The van der Waals surface area contributed by atoms with Crippen LogP contribution >= 0.6 is 0 Å². The zero-order chi connectivity index (χ0) is 95.8. The molecule has 4 aliphatic heterocycles. The first-order valence-electron chi connectivity index (χ1n) is 44.0. The van der Waals surface area contributed by atoms with Crippen LogP contribution in [-0.2, 0) is 90.8 Å². The number of carbonyl (C=O) groups is 11. The second kappa shape index (κ2) is 50.5. The molecule has 0 aliphatic carbocycles. The molecule has 16 heterocycles. The summed E-state index contributed by atoms with van der Waals surface area (Å²) in [5, 5.41) is 25.7. The van der Waals surface area contributed by atoms with Crippen molar-refractivity contribution in [1.29, 1.82) is 0 Å². The third-order valence-electron chi connectivity index (χ3n) is 21.5. The summed E-state index contributed by atoms with van der Waals surface area (Å²) in [5.41, 5.74) is 18.4. The molecule has 4 N–H and O–H groups in total. The number of aryl methyl sites for hydroxylation is 4. The molecule has 0 spiro atoms. The molecule has 0 saturated carbocycles. The quantitative estimate of drug-likeness (QED) is 0.0225. The van der Waals surface area contributed by atoms with Gasteiger partial charge in [-0.2, -0.15) is 0 Å². The van der Waals surface area contributed by atoms with Gasteiger partial charge in [-0.3, -0.25) is 82.8 Å². The Kier molecular flexibility index (Phi) is 38.7. The third kappa shape index (κ3) is 31.3. The minimum absolute atomic E-state index is 0. The number of fused-ring (bicyclic) bond motifs is 20. The summed E-state index contributed by atoms with van der Waals surface area (Å²) >= 11 is 0. The van der Waals surface area contributed by atoms with Gasteiger partial charge in [0.15, 0.2) is 11.6 Å². The molecule has 6 amide bonds. The topological polar surface area (TPSA) is 436 Å². The number of Topliss-reactive ketones (excluding diaryl/α,β-unsaturated/α-hetero) is 2. The van der Waals surface area contributed by atoms with Crippen LogP contribution in [0.25, 0.3) is 68.3 Å². The molecule has 1 fully saturated rings. The Bertz CT molecular complexity index is 6320. The average Bonchev–Trinajstić information content (AvgIpc) is 1.62. The van der Waals surface area contributed by atoms with Gasteiger partial charge in [0.1, 0.15) is 6.42 Å². The third-order valence-corrected chi connectivity index (χ3v) is 21.5. The van der Waals surface area contributed by atoms with E-state index in [-0.39, 0.29) is 197 Å². The van der Waals surface area contributed by atoms with Gasteiger partial charge >= 0.3 is 117 Å². The number of carboxylic acid groups (broad SMARTS) is 2. The Labute approximate surface area is 873 Å². The first-order valence-corrected chi connectivity index (χ1v) is 44.0. The molecule has 698 valence electrons. The first kappa shape index (κ1) is 105. The first-order chi connectivity index (χ1) is 64.9. The van der Waals surface area contributed by atoms with Crippen LogP contribution in [-0.4, -0.2) is 212 Å². The van der Waals surface area contributed by atoms with Crippen LogP contribution < -0.4 is 10.6 Å². The van der Waals surface area contributed by atoms with E-state index in [4.69, 9.17) is 44.7 Å². The van der Waals surface area contributed by atoms with Crippen LogP contribution in [0, 0.1) is 126 Å². The maximum Gasteiger partial charge on any atom is 3.00 e. The van der Waals surface area contributed by atoms with E-state index in [1.165, 1.54) is 30.4 Å². The molecule has 16 rings (SSSR count). The zero-order valence-corrected chi connectivity index (χ0v) is 81.7. The van der Waals surface area contributed by atoms with Crippen molar-refractivity contribution in [2.75, 3.05) is 47.8 Å². The fourth-order valence-corrected chi connectivity index (χ4v) is 15.2. The number of imide groups is 2. The van der Waals surface area contributed by atoms with Crippen LogP contribution in [0.4, 0.5) is 0 Å². The molecular formula is C101H102Eu2N20O14+6. The summed E-state index contributed by atoms with van der Waals surface area (Å²) in [5.74, 6) is -6.68. The number of aromatic carboxylic acids is 2. The summed E-state index contributed by atoms with van der Waals surface area (Å²) in [6.07, 6.45) is 2.85. The van der Waals surface area contributed by atoms with E-state index in [1.807, 2.05) is 221 Å². The molecule has 0 atom stereocenters. The Balaban J connectivity index is 0.000000202. The van der Waals surface area contributed by atoms with Gasteiger partial charge in [0.25, 0.3) is 23.6 Å². The predicted molar refractivity (Wildman–Crippen MR) is 498 cm³/mol. The summed E-state index contributed by atoms with van der Waals surface area (Å²) in [4.78, 5) is 205. The van der Waals surface area contributed by atoms with Gasteiger partial charge in [-0.05, 0) is 221 Å². The summed E-state index contributed by atoms with van der Waals surface area (Å²) in [6.45, 7) is 11.7. The SMILES string of the molecule is CN1Cc2cccc(n2)-c2cccc(n2)CN(C)Cc2cc(C(=O)CCCNC(=O)CC(=O)ON3C(=O)CCC3=O)cc(n2)-c2cc(C(=O)O)cc(n2)C1.CN1Cc2cccc(n2)-c2cccc(n2)CN(C)Cc2cc(C(=O)CCCNC(=O)CCCN3C(=O)C=CC3=O)cc(n2)-c2cc(C(=O)O)cc(n2)C1.Cc1cccc(-c2cccc(C)n2)n1.Cc1cccc(-c2cccc(C)n2)n1.[Eu+3].[Eu+3]. The van der Waals surface area contributed by atoms with Gasteiger partial charge < -0.3 is 25.7 Å². The Morgan fingerprint density at radius 3 is 0.905 bits per heavy atom. The minimum atomic E-state index is -1.13. The van der Waals surface area contributed by atoms with Crippen molar-refractivity contribution in [2.45, 2.75) is 138 Å². The Morgan fingerprint density at radius 1 is 0.328 bits per heavy atom. The molecule has 0 radical (unpaired) electrons. The average molecular weight is 2120 g/mol. The van der Waals surface area contributed by atoms with Gasteiger partial charge in [0.2, 0.25) is 11.8 Å². The van der Waals surface area contributed by atoms with Gasteiger partial charge in [-0.1, -0.05) is 48.5 Å². The van der Waals surface area contributed by atoms with Gasteiger partial charge in [-0.15, -0.1) is 5.06 Å². The number of carboxylic acids is 2. The van der Waals surface area contributed by atoms with Crippen LogP contribution in [0.5, 0.6) is 0 Å². The van der Waals surface area contributed by atoms with Gasteiger partial charge in [-0.25, -0.2) is 54.3 Å². The van der Waals surface area contributed by atoms with Crippen molar-refractivity contribution in [1.82, 2.24) is 100 Å². The van der Waals surface area contributed by atoms with Crippen LogP contribution in [0.15, 0.2) is 206 Å². The van der Waals surface area contributed by atoms with E-state index in [0.29, 0.717) is 127 Å². The standard InChI is InChI=1S/C39H40N8O6.C38H38N8O8.2C12H12N2.2Eu/c1-45-21-27-7-3-9-31(41-27)32-10-4-8-28(42-32)22-46(2)24-30-18-26(39(52)53)20-34(44-30)33-19-25(17-29(23-45)43-33)35(48)11-5-15-40-36(49)12-6-16-47-37(50)13-14-38(47)51;1-44-19-25-6-3-8-29(40-25)30-9-4-7-26(41-30)20-45(2)22-28-15-24(38(52)53)17-32(43-28)31-16-23(14-27(21-44)42-31)33(47)10-5-13-39-34(48)18-37(51)54-46-35(49)11-12-36(46)50;2*1-9-5-3-7-11(13-9)12-8-4-6-10(2)14-12;;/h3-4,7-10,13-14,17-20H,5-6,11-12,15-16,21-24H2,1-2H3,(H,40,49)(H,52,53);3-4,6-9,14-17H,5,10-13,18-22H2,1-2H3,(H,39,48)(H,52,53);2*3-8H,1-2H3;;/q;;;;2*+3. The van der Waals surface area contributed by atoms with E-state index in [0.717, 1.165) is 96.0 Å². The predicted octanol–water partition coefficient (Wildman–Crippen LogP) is 12.1. The monoisotopic (exact) mass is 2120 g/mol. The maximum absolute atomic E-state index is 13.6. The second-order valence-corrected chi connectivity index (χ2v) is 33.2. The van der Waals surface area contributed by atoms with Crippen LogP contribution in [0.3, 0.4) is 0 Å². The van der Waals surface area contributed by atoms with Crippen LogP contribution in [0.1, 0.15) is 168 Å². The smallest absolute Gasteiger partial charge is 0.478 e. The fraction of sp³-hybridized carbons (Fsp3) is 0.277. The van der Waals surface area contributed by atoms with Gasteiger partial charge in [0.05, 0.1) is 125 Å².